The van der Waals surface area contributed by atoms with E-state index in [1.165, 1.54) is 16.9 Å². The Morgan fingerprint density at radius 3 is 1.95 bits per heavy atom. The smallest absolute Gasteiger partial charge is 0.416 e. The van der Waals surface area contributed by atoms with E-state index in [1.807, 2.05) is 12.1 Å². The summed E-state index contributed by atoms with van der Waals surface area (Å²) >= 11 is 0. The highest BCUT2D eigenvalue weighted by Crippen LogP contribution is 2.55. The maximum absolute atomic E-state index is 13.8. The predicted molar refractivity (Wildman–Crippen MR) is 143 cm³/mol. The minimum Gasteiger partial charge on any atom is -0.497 e. The maximum atomic E-state index is 13.8. The summed E-state index contributed by atoms with van der Waals surface area (Å²) in [6.45, 7) is 10.4. The molecule has 4 rings (SSSR count). The molecule has 0 radical (unpaired) electrons. The molecule has 2 aromatic rings. The molecule has 2 amide bonds. The first kappa shape index (κ1) is 28.1. The summed E-state index contributed by atoms with van der Waals surface area (Å²) in [7, 11) is 2.81. The maximum Gasteiger partial charge on any atom is 0.416 e. The van der Waals surface area contributed by atoms with Crippen LogP contribution in [0.2, 0.25) is 0 Å². The van der Waals surface area contributed by atoms with E-state index < -0.39 is 47.2 Å². The molecule has 0 aromatic heterocycles. The number of amides is 2. The average Bonchev–Trinajstić information content (AvgIpc) is 3.31. The van der Waals surface area contributed by atoms with Crippen molar-refractivity contribution in [2.24, 2.45) is 0 Å². The molecule has 10 heteroatoms. The molecule has 2 aromatic carbocycles. The Kier molecular flexibility index (Phi) is 7.18. The minimum atomic E-state index is -1.35. The fourth-order valence-electron chi connectivity index (χ4n) is 5.03. The van der Waals surface area contributed by atoms with Crippen LogP contribution in [0.15, 0.2) is 48.5 Å². The lowest BCUT2D eigenvalue weighted by Gasteiger charge is -2.38. The normalized spacial score (nSPS) is 22.1. The number of hydrogen-bond donors (Lipinski definition) is 0. The van der Waals surface area contributed by atoms with Crippen LogP contribution >= 0.6 is 0 Å². The molecule has 0 saturated carbocycles. The van der Waals surface area contributed by atoms with E-state index >= 15 is 0 Å². The Bertz CT molecular complexity index is 1250. The molecular weight excluding hydrogens is 504 g/mol. The zero-order valence-electron chi connectivity index (χ0n) is 23.6. The van der Waals surface area contributed by atoms with Gasteiger partial charge in [0.25, 0.3) is 0 Å². The first-order valence-electron chi connectivity index (χ1n) is 12.7. The Morgan fingerprint density at radius 2 is 1.38 bits per heavy atom. The largest absolute Gasteiger partial charge is 0.497 e. The van der Waals surface area contributed by atoms with E-state index in [2.05, 4.69) is 0 Å². The van der Waals surface area contributed by atoms with E-state index in [1.54, 1.807) is 85.1 Å². The van der Waals surface area contributed by atoms with Crippen molar-refractivity contribution >= 4 is 23.8 Å². The van der Waals surface area contributed by atoms with Gasteiger partial charge in [0.05, 0.1) is 19.9 Å². The summed E-state index contributed by atoms with van der Waals surface area (Å²) in [5.41, 5.74) is -1.93. The molecule has 2 aliphatic rings. The summed E-state index contributed by atoms with van der Waals surface area (Å²) in [5.74, 6) is 0.429. The van der Waals surface area contributed by atoms with E-state index in [0.29, 0.717) is 22.7 Å². The van der Waals surface area contributed by atoms with Crippen molar-refractivity contribution in [3.8, 4) is 11.5 Å². The molecule has 2 aliphatic heterocycles. The summed E-state index contributed by atoms with van der Waals surface area (Å²) in [6, 6.07) is 13.0. The standard InChI is InChI=1S/C29H36N2O8/c1-27(2,3)38-25(33)30-21-12-10-9-11-20(21)29(37-19-15-13-18(35-7)14-16-19)17-22(23(32)36-8)31(24(29)30)26(34)39-28(4,5)6/h9-16,22,24H,17H2,1-8H3/t22-,24+,29-/m1/s1. The van der Waals surface area contributed by atoms with Gasteiger partial charge in [-0.3, -0.25) is 9.80 Å². The average molecular weight is 541 g/mol. The van der Waals surface area contributed by atoms with Crippen molar-refractivity contribution in [3.63, 3.8) is 0 Å². The first-order chi connectivity index (χ1) is 18.2. The lowest BCUT2D eigenvalue weighted by atomic mass is 9.90. The topological polar surface area (TPSA) is 104 Å². The zero-order chi connectivity index (χ0) is 28.8. The molecule has 39 heavy (non-hydrogen) atoms. The second-order valence-electron chi connectivity index (χ2n) is 11.5. The Hall–Kier alpha value is -3.95. The second-order valence-corrected chi connectivity index (χ2v) is 11.5. The number of anilines is 1. The van der Waals surface area contributed by atoms with Crippen molar-refractivity contribution in [2.75, 3.05) is 19.1 Å². The van der Waals surface area contributed by atoms with Gasteiger partial charge in [-0.25, -0.2) is 14.4 Å². The molecule has 0 aliphatic carbocycles. The number of ether oxygens (including phenoxy) is 5. The highest BCUT2D eigenvalue weighted by atomic mass is 16.6. The number of carbonyl (C=O) groups excluding carboxylic acids is 3. The van der Waals surface area contributed by atoms with Gasteiger partial charge >= 0.3 is 18.2 Å². The van der Waals surface area contributed by atoms with Crippen LogP contribution in [0.25, 0.3) is 0 Å². The van der Waals surface area contributed by atoms with E-state index in [0.717, 1.165) is 0 Å². The number of esters is 1. The fraction of sp³-hybridized carbons (Fsp3) is 0.483. The number of hydrogen-bond acceptors (Lipinski definition) is 8. The van der Waals surface area contributed by atoms with Gasteiger partial charge in [0, 0.05) is 12.0 Å². The predicted octanol–water partition coefficient (Wildman–Crippen LogP) is 5.23. The quantitative estimate of drug-likeness (QED) is 0.384. The second kappa shape index (κ2) is 9.98. The highest BCUT2D eigenvalue weighted by molar-refractivity contribution is 5.95. The monoisotopic (exact) mass is 540 g/mol. The zero-order valence-corrected chi connectivity index (χ0v) is 23.6. The third-order valence-corrected chi connectivity index (χ3v) is 6.40. The van der Waals surface area contributed by atoms with Gasteiger partial charge < -0.3 is 23.7 Å². The molecule has 210 valence electrons. The van der Waals surface area contributed by atoms with Crippen molar-refractivity contribution in [1.82, 2.24) is 4.90 Å². The van der Waals surface area contributed by atoms with E-state index in [9.17, 15) is 14.4 Å². The summed E-state index contributed by atoms with van der Waals surface area (Å²) in [5, 5.41) is 0. The number of methoxy groups -OCH3 is 2. The van der Waals surface area contributed by atoms with Crippen LogP contribution in [0.3, 0.4) is 0 Å². The van der Waals surface area contributed by atoms with Crippen LogP contribution in [0.5, 0.6) is 11.5 Å². The van der Waals surface area contributed by atoms with Gasteiger partial charge in [-0.15, -0.1) is 0 Å². The number of benzene rings is 2. The van der Waals surface area contributed by atoms with Crippen molar-refractivity contribution in [1.29, 1.82) is 0 Å². The highest BCUT2D eigenvalue weighted by Gasteiger charge is 2.68. The van der Waals surface area contributed by atoms with Gasteiger partial charge in [-0.05, 0) is 71.9 Å². The number of fused-ring (bicyclic) bond motifs is 3. The van der Waals surface area contributed by atoms with Crippen LogP contribution < -0.4 is 14.4 Å². The SMILES string of the molecule is COC(=O)[C@H]1C[C@@]2(Oc3ccc(OC)cc3)c3ccccc3N(C(=O)OC(C)(C)C)[C@H]2N1C(=O)OC(C)(C)C. The van der Waals surface area contributed by atoms with Crippen LogP contribution in [-0.4, -0.2) is 60.7 Å². The number of rotatable bonds is 4. The van der Waals surface area contributed by atoms with Crippen molar-refractivity contribution in [3.05, 3.63) is 54.1 Å². The van der Waals surface area contributed by atoms with Gasteiger partial charge in [0.2, 0.25) is 0 Å². The van der Waals surface area contributed by atoms with Gasteiger partial charge in [-0.2, -0.15) is 0 Å². The number of likely N-dealkylation sites (tertiary alicyclic amines) is 1. The Balaban J connectivity index is 1.94. The molecule has 10 nitrogen and oxygen atoms in total. The number of carbonyl (C=O) groups is 3. The lowest BCUT2D eigenvalue weighted by Crippen LogP contribution is -2.58. The number of para-hydroxylation sites is 1. The van der Waals surface area contributed by atoms with Crippen LogP contribution in [0.1, 0.15) is 53.5 Å². The Morgan fingerprint density at radius 1 is 0.821 bits per heavy atom. The lowest BCUT2D eigenvalue weighted by molar-refractivity contribution is -0.146. The minimum absolute atomic E-state index is 0.00588. The van der Waals surface area contributed by atoms with E-state index in [-0.39, 0.29) is 6.42 Å². The Labute approximate surface area is 228 Å². The molecular formula is C29H36N2O8. The molecule has 3 atom stereocenters. The van der Waals surface area contributed by atoms with Gasteiger partial charge in [-0.1, -0.05) is 18.2 Å². The first-order valence-corrected chi connectivity index (χ1v) is 12.7. The molecule has 0 unspecified atom stereocenters. The molecule has 0 spiro atoms. The van der Waals surface area contributed by atoms with Crippen LogP contribution in [0.4, 0.5) is 15.3 Å². The fourth-order valence-corrected chi connectivity index (χ4v) is 5.03. The van der Waals surface area contributed by atoms with Crippen LogP contribution in [0, 0.1) is 0 Å². The molecule has 0 bridgehead atoms. The summed E-state index contributed by atoms with van der Waals surface area (Å²) in [4.78, 5) is 43.3. The van der Waals surface area contributed by atoms with Gasteiger partial charge in [0.1, 0.15) is 28.7 Å². The third-order valence-electron chi connectivity index (χ3n) is 6.40. The summed E-state index contributed by atoms with van der Waals surface area (Å²) in [6.07, 6.45) is -2.60. The van der Waals surface area contributed by atoms with Crippen molar-refractivity contribution < 1.29 is 38.1 Å². The molecule has 1 saturated heterocycles. The third kappa shape index (κ3) is 5.32. The molecule has 2 heterocycles. The molecule has 0 N–H and O–H groups in total. The van der Waals surface area contributed by atoms with Crippen LogP contribution in [-0.2, 0) is 24.6 Å². The van der Waals surface area contributed by atoms with Crippen molar-refractivity contribution in [2.45, 2.75) is 77.0 Å². The number of nitrogens with zero attached hydrogens (tertiary/aromatic N) is 2. The summed E-state index contributed by atoms with van der Waals surface area (Å²) < 4.78 is 28.6. The van der Waals surface area contributed by atoms with Gasteiger partial charge in [0.15, 0.2) is 11.8 Å². The molecule has 1 fully saturated rings. The van der Waals surface area contributed by atoms with E-state index in [4.69, 9.17) is 23.7 Å².